The molecule has 200 valence electrons. The second-order valence-corrected chi connectivity index (χ2v) is 7.78. The summed E-state index contributed by atoms with van der Waals surface area (Å²) in [7, 11) is 0. The summed E-state index contributed by atoms with van der Waals surface area (Å²) in [4.78, 5) is 11.9. The molecule has 0 bridgehead atoms. The maximum atomic E-state index is 11.9. The van der Waals surface area contributed by atoms with E-state index < -0.39 is 113 Å². The molecule has 2 aliphatic rings. The van der Waals surface area contributed by atoms with Gasteiger partial charge in [0.15, 0.2) is 12.4 Å². The van der Waals surface area contributed by atoms with Crippen molar-refractivity contribution >= 4 is 5.97 Å². The fraction of sp³-hybridized carbons (Fsp3) is 0.944. The summed E-state index contributed by atoms with van der Waals surface area (Å²) in [6.07, 6.45) is -19.6. The van der Waals surface area contributed by atoms with Crippen LogP contribution in [-0.4, -0.2) is 164 Å². The number of esters is 1. The zero-order valence-corrected chi connectivity index (χ0v) is 17.9. The Hall–Kier alpha value is -1.09. The largest absolute Gasteiger partial charge is 0.431 e. The lowest BCUT2D eigenvalue weighted by Crippen LogP contribution is -2.62. The van der Waals surface area contributed by atoms with Crippen molar-refractivity contribution in [3.05, 3.63) is 0 Å². The predicted octanol–water partition coefficient (Wildman–Crippen LogP) is -7.12. The molecule has 16 heteroatoms. The van der Waals surface area contributed by atoms with Crippen LogP contribution in [0.1, 0.15) is 0 Å². The minimum absolute atomic E-state index is 0.568. The van der Waals surface area contributed by atoms with Crippen LogP contribution in [-0.2, 0) is 28.5 Å². The third-order valence-corrected chi connectivity index (χ3v) is 5.35. The van der Waals surface area contributed by atoms with Crippen LogP contribution in [0, 0.1) is 0 Å². The van der Waals surface area contributed by atoms with Crippen molar-refractivity contribution in [3.63, 3.8) is 0 Å². The highest BCUT2D eigenvalue weighted by atomic mass is 16.7. The van der Waals surface area contributed by atoms with Gasteiger partial charge in [0.25, 0.3) is 0 Å². The van der Waals surface area contributed by atoms with Crippen LogP contribution < -0.4 is 0 Å². The Balaban J connectivity index is 2.08. The van der Waals surface area contributed by atoms with Gasteiger partial charge in [-0.15, -0.1) is 0 Å². The molecule has 2 heterocycles. The van der Waals surface area contributed by atoms with Gasteiger partial charge in [-0.05, 0) is 0 Å². The van der Waals surface area contributed by atoms with E-state index in [9.17, 15) is 50.8 Å². The molecule has 2 saturated heterocycles. The van der Waals surface area contributed by atoms with Crippen LogP contribution in [0.15, 0.2) is 0 Å². The SMILES string of the molecule is O=C(OC1O[C@H](CO)[C@H](O)[C@H](O)[C@H]1OC(CO)COC1O[C@H](CO)[C@H](O)[C@H](O)[C@H]1O)C(O)CO. The molecule has 0 aromatic heterocycles. The molecule has 2 rings (SSSR count). The Morgan fingerprint density at radius 3 is 1.85 bits per heavy atom. The normalized spacial score (nSPS) is 40.5. The summed E-state index contributed by atoms with van der Waals surface area (Å²) in [5.74, 6) is -1.36. The first-order chi connectivity index (χ1) is 16.1. The fourth-order valence-electron chi connectivity index (χ4n) is 3.33. The highest BCUT2D eigenvalue weighted by Gasteiger charge is 2.49. The Morgan fingerprint density at radius 2 is 1.32 bits per heavy atom. The van der Waals surface area contributed by atoms with Crippen molar-refractivity contribution in [1.82, 2.24) is 0 Å². The van der Waals surface area contributed by atoms with Crippen LogP contribution in [0.4, 0.5) is 0 Å². The molecule has 2 aliphatic heterocycles. The molecule has 12 atom stereocenters. The van der Waals surface area contributed by atoms with E-state index in [4.69, 9.17) is 28.8 Å². The lowest BCUT2D eigenvalue weighted by molar-refractivity contribution is -0.325. The molecule has 0 radical (unpaired) electrons. The van der Waals surface area contributed by atoms with Crippen LogP contribution in [0.25, 0.3) is 0 Å². The molecule has 16 nitrogen and oxygen atoms in total. The number of aliphatic hydroxyl groups is 10. The molecule has 2 fully saturated rings. The first-order valence-corrected chi connectivity index (χ1v) is 10.4. The Morgan fingerprint density at radius 1 is 0.765 bits per heavy atom. The number of hydrogen-bond donors (Lipinski definition) is 10. The average Bonchev–Trinajstić information content (AvgIpc) is 2.84. The summed E-state index contributed by atoms with van der Waals surface area (Å²) in [6, 6.07) is 0. The number of aliphatic hydroxyl groups excluding tert-OH is 10. The topological polar surface area (TPSA) is 266 Å². The maximum absolute atomic E-state index is 11.9. The lowest BCUT2D eigenvalue weighted by atomic mass is 9.99. The van der Waals surface area contributed by atoms with Gasteiger partial charge in [-0.3, -0.25) is 0 Å². The van der Waals surface area contributed by atoms with E-state index >= 15 is 0 Å². The number of carbonyl (C=O) groups is 1. The minimum atomic E-state index is -1.95. The lowest BCUT2D eigenvalue weighted by Gasteiger charge is -2.43. The number of hydrogen-bond acceptors (Lipinski definition) is 16. The van der Waals surface area contributed by atoms with Gasteiger partial charge < -0.3 is 74.7 Å². The van der Waals surface area contributed by atoms with Crippen LogP contribution in [0.3, 0.4) is 0 Å². The average molecular weight is 504 g/mol. The number of rotatable bonds is 11. The standard InChI is InChI=1S/C18H32O16/c19-1-6(5-30-17-14(28)12(26)10(24)8(3-21)32-17)31-15-13(27)11(25)9(4-22)33-18(15)34-16(29)7(23)2-20/h6-15,17-28H,1-5H2/t6?,7?,8-,9-,10+,11+,12+,13+,14-,15-,17?,18?/m1/s1. The summed E-state index contributed by atoms with van der Waals surface area (Å²) < 4.78 is 26.0. The van der Waals surface area contributed by atoms with Crippen molar-refractivity contribution in [2.24, 2.45) is 0 Å². The zero-order chi connectivity index (χ0) is 25.6. The Kier molecular flexibility index (Phi) is 11.4. The second kappa shape index (κ2) is 13.3. The van der Waals surface area contributed by atoms with Crippen LogP contribution in [0.2, 0.25) is 0 Å². The van der Waals surface area contributed by atoms with E-state index in [1.54, 1.807) is 0 Å². The molecule has 0 aromatic rings. The van der Waals surface area contributed by atoms with Gasteiger partial charge in [0.2, 0.25) is 6.29 Å². The highest BCUT2D eigenvalue weighted by Crippen LogP contribution is 2.27. The minimum Gasteiger partial charge on any atom is -0.431 e. The van der Waals surface area contributed by atoms with E-state index in [1.165, 1.54) is 0 Å². The quantitative estimate of drug-likeness (QED) is 0.117. The van der Waals surface area contributed by atoms with Gasteiger partial charge in [0.1, 0.15) is 54.9 Å². The molecule has 34 heavy (non-hydrogen) atoms. The van der Waals surface area contributed by atoms with Gasteiger partial charge >= 0.3 is 5.97 Å². The molecule has 4 unspecified atom stereocenters. The van der Waals surface area contributed by atoms with E-state index in [0.717, 1.165) is 0 Å². The molecule has 0 amide bonds. The summed E-state index contributed by atoms with van der Waals surface area (Å²) >= 11 is 0. The molecule has 0 spiro atoms. The maximum Gasteiger partial charge on any atom is 0.339 e. The van der Waals surface area contributed by atoms with Crippen LogP contribution >= 0.6 is 0 Å². The van der Waals surface area contributed by atoms with Gasteiger partial charge in [-0.1, -0.05) is 0 Å². The first kappa shape index (κ1) is 29.1. The molecule has 0 aromatic carbocycles. The van der Waals surface area contributed by atoms with Crippen molar-refractivity contribution in [1.29, 1.82) is 0 Å². The van der Waals surface area contributed by atoms with Crippen molar-refractivity contribution in [2.45, 2.75) is 73.6 Å². The monoisotopic (exact) mass is 504 g/mol. The molecule has 0 aliphatic carbocycles. The van der Waals surface area contributed by atoms with E-state index in [0.29, 0.717) is 0 Å². The molecular weight excluding hydrogens is 472 g/mol. The molecule has 0 saturated carbocycles. The Bertz CT molecular complexity index is 621. The first-order valence-electron chi connectivity index (χ1n) is 10.4. The Labute approximate surface area is 193 Å². The molecule has 10 N–H and O–H groups in total. The number of carbonyl (C=O) groups excluding carboxylic acids is 1. The zero-order valence-electron chi connectivity index (χ0n) is 17.9. The van der Waals surface area contributed by atoms with Crippen molar-refractivity contribution in [3.8, 4) is 0 Å². The van der Waals surface area contributed by atoms with Gasteiger partial charge in [0.05, 0.1) is 33.0 Å². The fourth-order valence-corrected chi connectivity index (χ4v) is 3.33. The van der Waals surface area contributed by atoms with Crippen LogP contribution in [0.5, 0.6) is 0 Å². The van der Waals surface area contributed by atoms with Gasteiger partial charge in [-0.2, -0.15) is 0 Å². The van der Waals surface area contributed by atoms with Gasteiger partial charge in [-0.25, -0.2) is 4.79 Å². The third-order valence-electron chi connectivity index (χ3n) is 5.35. The number of ether oxygens (including phenoxy) is 5. The van der Waals surface area contributed by atoms with E-state index in [2.05, 4.69) is 0 Å². The van der Waals surface area contributed by atoms with Gasteiger partial charge in [0, 0.05) is 0 Å². The summed E-state index contributed by atoms with van der Waals surface area (Å²) in [5.41, 5.74) is 0. The van der Waals surface area contributed by atoms with E-state index in [1.807, 2.05) is 0 Å². The summed E-state index contributed by atoms with van der Waals surface area (Å²) in [5, 5.41) is 96.6. The second-order valence-electron chi connectivity index (χ2n) is 7.78. The highest BCUT2D eigenvalue weighted by molar-refractivity contribution is 5.74. The van der Waals surface area contributed by atoms with Crippen molar-refractivity contribution in [2.75, 3.05) is 33.0 Å². The van der Waals surface area contributed by atoms with Crippen molar-refractivity contribution < 1.29 is 79.5 Å². The van der Waals surface area contributed by atoms with E-state index in [-0.39, 0.29) is 0 Å². The molecular formula is C18H32O16. The smallest absolute Gasteiger partial charge is 0.339 e. The predicted molar refractivity (Wildman–Crippen MR) is 102 cm³/mol. The third kappa shape index (κ3) is 6.77. The summed E-state index contributed by atoms with van der Waals surface area (Å²) in [6.45, 7) is -3.82.